The summed E-state index contributed by atoms with van der Waals surface area (Å²) < 4.78 is 5.53. The molecule has 0 spiro atoms. The van der Waals surface area contributed by atoms with Crippen molar-refractivity contribution in [3.63, 3.8) is 0 Å². The zero-order valence-corrected chi connectivity index (χ0v) is 14.7. The average Bonchev–Trinajstić information content (AvgIpc) is 2.66. The molecule has 5 heteroatoms. The highest BCUT2D eigenvalue weighted by Crippen LogP contribution is 2.20. The van der Waals surface area contributed by atoms with Gasteiger partial charge in [-0.05, 0) is 31.2 Å². The molecule has 0 radical (unpaired) electrons. The smallest absolute Gasteiger partial charge is 0.253 e. The molecule has 0 saturated heterocycles. The van der Waals surface area contributed by atoms with Gasteiger partial charge in [-0.2, -0.15) is 0 Å². The molecule has 2 amide bonds. The van der Waals surface area contributed by atoms with E-state index < -0.39 is 0 Å². The fourth-order valence-corrected chi connectivity index (χ4v) is 2.30. The number of amides is 2. The van der Waals surface area contributed by atoms with Gasteiger partial charge in [0, 0.05) is 18.2 Å². The number of benzene rings is 2. The summed E-state index contributed by atoms with van der Waals surface area (Å²) in [6.45, 7) is 6.37. The van der Waals surface area contributed by atoms with Gasteiger partial charge in [0.2, 0.25) is 5.91 Å². The number of carbonyl (C=O) groups excluding carboxylic acids is 2. The first-order valence-electron chi connectivity index (χ1n) is 8.34. The molecule has 0 atom stereocenters. The van der Waals surface area contributed by atoms with E-state index >= 15 is 0 Å². The summed E-state index contributed by atoms with van der Waals surface area (Å²) in [6.07, 6.45) is 4.69. The van der Waals surface area contributed by atoms with Crippen molar-refractivity contribution in [1.29, 1.82) is 0 Å². The van der Waals surface area contributed by atoms with Gasteiger partial charge in [0.25, 0.3) is 5.91 Å². The molecule has 0 aliphatic heterocycles. The Labute approximate surface area is 153 Å². The third-order valence-electron chi connectivity index (χ3n) is 3.47. The fraction of sp³-hybridized carbons (Fsp3) is 0.143. The highest BCUT2D eigenvalue weighted by Gasteiger charge is 2.11. The van der Waals surface area contributed by atoms with Gasteiger partial charge < -0.3 is 15.4 Å². The van der Waals surface area contributed by atoms with Crippen molar-refractivity contribution in [2.45, 2.75) is 6.92 Å². The molecule has 2 rings (SSSR count). The molecule has 2 aromatic carbocycles. The Kier molecular flexibility index (Phi) is 7.18. The van der Waals surface area contributed by atoms with Gasteiger partial charge in [0.1, 0.15) is 5.75 Å². The molecular formula is C21H22N2O3. The Morgan fingerprint density at radius 3 is 2.62 bits per heavy atom. The highest BCUT2D eigenvalue weighted by molar-refractivity contribution is 6.07. The topological polar surface area (TPSA) is 67.4 Å². The predicted octanol–water partition coefficient (Wildman–Crippen LogP) is 3.65. The maximum absolute atomic E-state index is 12.3. The average molecular weight is 350 g/mol. The summed E-state index contributed by atoms with van der Waals surface area (Å²) in [5.41, 5.74) is 1.65. The van der Waals surface area contributed by atoms with Crippen LogP contribution < -0.4 is 15.4 Å². The SMILES string of the molecule is C=CCNC(=O)c1ccccc1NC(=O)/C=C/c1ccccc1OCC. The standard InChI is InChI=1S/C21H22N2O3/c1-3-15-22-21(25)17-10-6-7-11-18(17)23-20(24)14-13-16-9-5-8-12-19(16)26-4-2/h3,5-14H,1,4,15H2,2H3,(H,22,25)(H,23,24)/b14-13+. The van der Waals surface area contributed by atoms with Gasteiger partial charge in [-0.1, -0.05) is 36.4 Å². The largest absolute Gasteiger partial charge is 0.493 e. The lowest BCUT2D eigenvalue weighted by Crippen LogP contribution is -2.24. The Bertz CT molecular complexity index is 812. The Morgan fingerprint density at radius 1 is 1.12 bits per heavy atom. The molecule has 0 fully saturated rings. The van der Waals surface area contributed by atoms with Crippen LogP contribution in [0.3, 0.4) is 0 Å². The van der Waals surface area contributed by atoms with E-state index in [0.717, 1.165) is 5.56 Å². The van der Waals surface area contributed by atoms with Crippen LogP contribution in [-0.4, -0.2) is 25.0 Å². The van der Waals surface area contributed by atoms with Crippen molar-refractivity contribution in [3.8, 4) is 5.75 Å². The van der Waals surface area contributed by atoms with Crippen LogP contribution in [0.15, 0.2) is 67.3 Å². The minimum Gasteiger partial charge on any atom is -0.493 e. The Morgan fingerprint density at radius 2 is 1.85 bits per heavy atom. The van der Waals surface area contributed by atoms with Crippen LogP contribution in [0.5, 0.6) is 5.75 Å². The number of rotatable bonds is 8. The summed E-state index contributed by atoms with van der Waals surface area (Å²) in [7, 11) is 0. The van der Waals surface area contributed by atoms with Gasteiger partial charge in [-0.3, -0.25) is 9.59 Å². The number of anilines is 1. The number of carbonyl (C=O) groups is 2. The van der Waals surface area contributed by atoms with Crippen LogP contribution in [0.4, 0.5) is 5.69 Å². The maximum atomic E-state index is 12.3. The van der Waals surface area contributed by atoms with Crippen molar-refractivity contribution in [2.24, 2.45) is 0 Å². The second kappa shape index (κ2) is 9.84. The predicted molar refractivity (Wildman–Crippen MR) is 104 cm³/mol. The molecule has 2 N–H and O–H groups in total. The summed E-state index contributed by atoms with van der Waals surface area (Å²) in [5, 5.41) is 5.44. The minimum absolute atomic E-state index is 0.272. The second-order valence-corrected chi connectivity index (χ2v) is 5.34. The lowest BCUT2D eigenvalue weighted by molar-refractivity contribution is -0.111. The van der Waals surface area contributed by atoms with Gasteiger partial charge in [-0.15, -0.1) is 6.58 Å². The molecule has 134 valence electrons. The Hall–Kier alpha value is -3.34. The molecule has 5 nitrogen and oxygen atoms in total. The number of nitrogens with one attached hydrogen (secondary N) is 2. The third kappa shape index (κ3) is 5.34. The molecule has 0 unspecified atom stereocenters. The summed E-state index contributed by atoms with van der Waals surface area (Å²) >= 11 is 0. The van der Waals surface area contributed by atoms with E-state index in [9.17, 15) is 9.59 Å². The third-order valence-corrected chi connectivity index (χ3v) is 3.47. The van der Waals surface area contributed by atoms with E-state index in [-0.39, 0.29) is 11.8 Å². The second-order valence-electron chi connectivity index (χ2n) is 5.34. The van der Waals surface area contributed by atoms with Crippen molar-refractivity contribution < 1.29 is 14.3 Å². The number of para-hydroxylation sites is 2. The lowest BCUT2D eigenvalue weighted by atomic mass is 10.1. The van der Waals surface area contributed by atoms with Crippen molar-refractivity contribution >= 4 is 23.6 Å². The van der Waals surface area contributed by atoms with Gasteiger partial charge in [-0.25, -0.2) is 0 Å². The molecule has 0 aliphatic carbocycles. The van der Waals surface area contributed by atoms with Crippen LogP contribution in [-0.2, 0) is 4.79 Å². The van der Waals surface area contributed by atoms with Crippen molar-refractivity contribution in [1.82, 2.24) is 5.32 Å². The van der Waals surface area contributed by atoms with Gasteiger partial charge >= 0.3 is 0 Å². The van der Waals surface area contributed by atoms with E-state index in [1.807, 2.05) is 31.2 Å². The van der Waals surface area contributed by atoms with Crippen LogP contribution in [0, 0.1) is 0 Å². The fourth-order valence-electron chi connectivity index (χ4n) is 2.30. The summed E-state index contributed by atoms with van der Waals surface area (Å²) in [6, 6.07) is 14.3. The highest BCUT2D eigenvalue weighted by atomic mass is 16.5. The van der Waals surface area contributed by atoms with E-state index in [2.05, 4.69) is 17.2 Å². The monoisotopic (exact) mass is 350 g/mol. The van der Waals surface area contributed by atoms with E-state index in [0.29, 0.717) is 30.2 Å². The number of hydrogen-bond acceptors (Lipinski definition) is 3. The molecule has 0 heterocycles. The quantitative estimate of drug-likeness (QED) is 0.564. The van der Waals surface area contributed by atoms with Crippen LogP contribution >= 0.6 is 0 Å². The molecular weight excluding hydrogens is 328 g/mol. The lowest BCUT2D eigenvalue weighted by Gasteiger charge is -2.10. The minimum atomic E-state index is -0.333. The summed E-state index contributed by atoms with van der Waals surface area (Å²) in [4.78, 5) is 24.4. The Balaban J connectivity index is 2.11. The van der Waals surface area contributed by atoms with Crippen LogP contribution in [0.25, 0.3) is 6.08 Å². The number of hydrogen-bond donors (Lipinski definition) is 2. The van der Waals surface area contributed by atoms with Crippen molar-refractivity contribution in [3.05, 3.63) is 78.4 Å². The zero-order chi connectivity index (χ0) is 18.8. The van der Waals surface area contributed by atoms with Crippen LogP contribution in [0.1, 0.15) is 22.8 Å². The summed E-state index contributed by atoms with van der Waals surface area (Å²) in [5.74, 6) is 0.106. The molecule has 2 aromatic rings. The number of ether oxygens (including phenoxy) is 1. The van der Waals surface area contributed by atoms with Crippen LogP contribution in [0.2, 0.25) is 0 Å². The molecule has 26 heavy (non-hydrogen) atoms. The van der Waals surface area contributed by atoms with Gasteiger partial charge in [0.15, 0.2) is 0 Å². The molecule has 0 bridgehead atoms. The molecule has 0 saturated carbocycles. The first-order valence-corrected chi connectivity index (χ1v) is 8.34. The van der Waals surface area contributed by atoms with E-state index in [4.69, 9.17) is 4.74 Å². The normalized spacial score (nSPS) is 10.3. The van der Waals surface area contributed by atoms with Gasteiger partial charge in [0.05, 0.1) is 17.9 Å². The van der Waals surface area contributed by atoms with Crippen molar-refractivity contribution in [2.75, 3.05) is 18.5 Å². The van der Waals surface area contributed by atoms with E-state index in [1.54, 1.807) is 36.4 Å². The van der Waals surface area contributed by atoms with E-state index in [1.165, 1.54) is 6.08 Å². The maximum Gasteiger partial charge on any atom is 0.253 e. The molecule has 0 aliphatic rings. The first kappa shape index (κ1) is 19.0. The zero-order valence-electron chi connectivity index (χ0n) is 14.7. The first-order chi connectivity index (χ1) is 12.7. The molecule has 0 aromatic heterocycles.